The number of fused-ring (bicyclic) bond motifs is 1. The van der Waals surface area contributed by atoms with Gasteiger partial charge in [0, 0.05) is 18.6 Å². The Morgan fingerprint density at radius 2 is 1.20 bits per heavy atom. The van der Waals surface area contributed by atoms with E-state index in [2.05, 4.69) is 13.8 Å². The molecular formula is C23H26N4O2S. The molecule has 1 aliphatic carbocycles. The molecule has 0 spiro atoms. The Kier molecular flexibility index (Phi) is 9.04. The second-order valence-corrected chi connectivity index (χ2v) is 8.60. The zero-order valence-electron chi connectivity index (χ0n) is 17.6. The Morgan fingerprint density at radius 3 is 1.53 bits per heavy atom. The largest absolute Gasteiger partial charge is 0.381 e. The van der Waals surface area contributed by atoms with Crippen LogP contribution >= 0.6 is 11.3 Å². The summed E-state index contributed by atoms with van der Waals surface area (Å²) in [6, 6.07) is 7.85. The van der Waals surface area contributed by atoms with Crippen LogP contribution in [0, 0.1) is 50.7 Å². The maximum Gasteiger partial charge on any atom is 0.147 e. The maximum atomic E-state index is 9.41. The number of unbranched alkanes of at least 4 members (excludes halogenated alkanes) is 2. The first-order chi connectivity index (χ1) is 14.6. The van der Waals surface area contributed by atoms with Crippen LogP contribution in [-0.4, -0.2) is 26.4 Å². The van der Waals surface area contributed by atoms with Crippen molar-refractivity contribution in [3.63, 3.8) is 0 Å². The van der Waals surface area contributed by atoms with E-state index in [1.54, 1.807) is 0 Å². The zero-order valence-corrected chi connectivity index (χ0v) is 18.4. The van der Waals surface area contributed by atoms with Crippen molar-refractivity contribution in [2.24, 2.45) is 5.41 Å². The second-order valence-electron chi connectivity index (χ2n) is 7.58. The third-order valence-electron chi connectivity index (χ3n) is 5.22. The smallest absolute Gasteiger partial charge is 0.147 e. The molecule has 0 aromatic carbocycles. The lowest BCUT2D eigenvalue weighted by Crippen LogP contribution is -2.35. The summed E-state index contributed by atoms with van der Waals surface area (Å²) in [5.41, 5.74) is 1.48. The second kappa shape index (κ2) is 11.5. The first-order valence-corrected chi connectivity index (χ1v) is 11.1. The molecule has 1 heterocycles. The Hall–Kier alpha value is -2.68. The van der Waals surface area contributed by atoms with Crippen LogP contribution in [0.15, 0.2) is 0 Å². The highest BCUT2D eigenvalue weighted by molar-refractivity contribution is 7.08. The normalized spacial score (nSPS) is 13.5. The maximum absolute atomic E-state index is 9.41. The van der Waals surface area contributed by atoms with E-state index < -0.39 is 0 Å². The van der Waals surface area contributed by atoms with Gasteiger partial charge in [0.1, 0.15) is 35.4 Å². The molecule has 0 atom stereocenters. The van der Waals surface area contributed by atoms with Gasteiger partial charge in [-0.15, -0.1) is 11.3 Å². The van der Waals surface area contributed by atoms with Crippen LogP contribution in [0.25, 0.3) is 11.1 Å². The van der Waals surface area contributed by atoms with Gasteiger partial charge in [-0.05, 0) is 36.8 Å². The third kappa shape index (κ3) is 5.27. The van der Waals surface area contributed by atoms with Gasteiger partial charge < -0.3 is 9.47 Å². The predicted octanol–water partition coefficient (Wildman–Crippen LogP) is 2.86. The summed E-state index contributed by atoms with van der Waals surface area (Å²) < 4.78 is 13.1. The van der Waals surface area contributed by atoms with Gasteiger partial charge in [-0.1, -0.05) is 26.7 Å². The summed E-state index contributed by atoms with van der Waals surface area (Å²) in [6.45, 7) is 6.56. The molecule has 0 saturated heterocycles. The number of ether oxygens (including phenoxy) is 2. The molecule has 7 heteroatoms. The summed E-state index contributed by atoms with van der Waals surface area (Å²) in [4.78, 5) is 0. The highest BCUT2D eigenvalue weighted by Gasteiger charge is 2.40. The minimum atomic E-state index is -0.324. The topological polar surface area (TPSA) is 114 Å². The fourth-order valence-electron chi connectivity index (χ4n) is 3.66. The van der Waals surface area contributed by atoms with E-state index in [1.807, 2.05) is 24.3 Å². The number of nitrogens with zero attached hydrogens (tertiary/aromatic N) is 4. The first-order valence-electron chi connectivity index (χ1n) is 10.2. The molecule has 0 fully saturated rings. The van der Waals surface area contributed by atoms with Gasteiger partial charge in [0.25, 0.3) is 0 Å². The number of hydrogen-bond donors (Lipinski definition) is 0. The molecule has 0 radical (unpaired) electrons. The van der Waals surface area contributed by atoms with Gasteiger partial charge in [0.05, 0.1) is 22.3 Å². The quantitative estimate of drug-likeness (QED) is 0.536. The Balaban J connectivity index is 2.53. The van der Waals surface area contributed by atoms with E-state index in [-0.39, 0.29) is 16.6 Å². The lowest BCUT2D eigenvalue weighted by atomic mass is 9.86. The van der Waals surface area contributed by atoms with Crippen molar-refractivity contribution in [2.45, 2.75) is 52.4 Å². The van der Waals surface area contributed by atoms with Crippen molar-refractivity contribution in [1.82, 2.24) is 0 Å². The highest BCUT2D eigenvalue weighted by atomic mass is 32.1. The van der Waals surface area contributed by atoms with Crippen LogP contribution < -0.4 is 9.06 Å². The fourth-order valence-corrected chi connectivity index (χ4v) is 4.89. The standard InChI is InChI=1S/C23H26N4O2S/c1-3-5-7-28-15-23(16-29-8-6-4-2)9-19-20(10-23)22(18(13-26)14-27)30-21(19)17(11-24)12-25/h3-10,15-16H2,1-2H3. The van der Waals surface area contributed by atoms with Crippen LogP contribution in [0.4, 0.5) is 0 Å². The third-order valence-corrected chi connectivity index (χ3v) is 6.53. The fraction of sp³-hybridized carbons (Fsp3) is 0.565. The van der Waals surface area contributed by atoms with Crippen LogP contribution in [0.3, 0.4) is 0 Å². The molecule has 0 aliphatic heterocycles. The molecule has 2 rings (SSSR count). The summed E-state index contributed by atoms with van der Waals surface area (Å²) in [7, 11) is 0. The Bertz CT molecular complexity index is 929. The van der Waals surface area contributed by atoms with Gasteiger partial charge in [-0.2, -0.15) is 21.0 Å². The van der Waals surface area contributed by atoms with Crippen LogP contribution in [-0.2, 0) is 22.3 Å². The predicted molar refractivity (Wildman–Crippen MR) is 114 cm³/mol. The molecule has 6 nitrogen and oxygen atoms in total. The Morgan fingerprint density at radius 1 is 0.800 bits per heavy atom. The van der Waals surface area contributed by atoms with Gasteiger partial charge in [-0.3, -0.25) is 0 Å². The Labute approximate surface area is 181 Å². The van der Waals surface area contributed by atoms with E-state index in [4.69, 9.17) is 9.47 Å². The minimum absolute atomic E-state index is 0.0207. The van der Waals surface area contributed by atoms with Crippen molar-refractivity contribution >= 4 is 22.5 Å². The summed E-state index contributed by atoms with van der Waals surface area (Å²) in [6.07, 6.45) is 5.25. The molecular weight excluding hydrogens is 396 g/mol. The van der Waals surface area contributed by atoms with Crippen LogP contribution in [0.1, 0.15) is 50.7 Å². The van der Waals surface area contributed by atoms with Gasteiger partial charge in [-0.25, -0.2) is 0 Å². The van der Waals surface area contributed by atoms with E-state index in [0.29, 0.717) is 48.3 Å². The number of rotatable bonds is 10. The van der Waals surface area contributed by atoms with Crippen LogP contribution in [0.2, 0.25) is 0 Å². The van der Waals surface area contributed by atoms with E-state index in [0.717, 1.165) is 36.8 Å². The number of hydrogen-bond acceptors (Lipinski definition) is 7. The van der Waals surface area contributed by atoms with Gasteiger partial charge in [0.2, 0.25) is 0 Å². The number of nitriles is 4. The van der Waals surface area contributed by atoms with Crippen molar-refractivity contribution in [3.05, 3.63) is 20.2 Å². The van der Waals surface area contributed by atoms with Gasteiger partial charge >= 0.3 is 0 Å². The summed E-state index contributed by atoms with van der Waals surface area (Å²) in [5, 5.41) is 37.7. The molecule has 30 heavy (non-hydrogen) atoms. The molecule has 0 saturated carbocycles. The summed E-state index contributed by atoms with van der Waals surface area (Å²) in [5.74, 6) is 0. The monoisotopic (exact) mass is 422 g/mol. The van der Waals surface area contributed by atoms with Crippen molar-refractivity contribution in [1.29, 1.82) is 21.0 Å². The summed E-state index contributed by atoms with van der Waals surface area (Å²) >= 11 is 1.20. The van der Waals surface area contributed by atoms with E-state index >= 15 is 0 Å². The zero-order chi connectivity index (χ0) is 22.0. The average molecular weight is 423 g/mol. The highest BCUT2D eigenvalue weighted by Crippen LogP contribution is 2.36. The number of thiophene rings is 1. The lowest BCUT2D eigenvalue weighted by Gasteiger charge is -2.29. The molecule has 0 N–H and O–H groups in total. The minimum Gasteiger partial charge on any atom is -0.381 e. The molecule has 1 aliphatic rings. The van der Waals surface area contributed by atoms with Crippen LogP contribution in [0.5, 0.6) is 0 Å². The molecule has 156 valence electrons. The molecule has 0 bridgehead atoms. The van der Waals surface area contributed by atoms with Gasteiger partial charge in [0.15, 0.2) is 0 Å². The SMILES string of the molecule is CCCCOCC1(COCCCC)Cc2c(c(=C(C#N)C#N)sc2=C(C#N)C#N)C1. The first kappa shape index (κ1) is 23.6. The van der Waals surface area contributed by atoms with Crippen molar-refractivity contribution in [3.8, 4) is 24.3 Å². The lowest BCUT2D eigenvalue weighted by molar-refractivity contribution is -0.0188. The molecule has 1 aromatic heterocycles. The molecule has 0 unspecified atom stereocenters. The van der Waals surface area contributed by atoms with Crippen molar-refractivity contribution < 1.29 is 9.47 Å². The van der Waals surface area contributed by atoms with Crippen molar-refractivity contribution in [2.75, 3.05) is 26.4 Å². The molecule has 1 aromatic rings. The van der Waals surface area contributed by atoms with E-state index in [9.17, 15) is 21.0 Å². The molecule has 0 amide bonds. The average Bonchev–Trinajstić information content (AvgIpc) is 3.28. The van der Waals surface area contributed by atoms with E-state index in [1.165, 1.54) is 11.3 Å².